The Morgan fingerprint density at radius 2 is 2.00 bits per heavy atom. The van der Waals surface area contributed by atoms with E-state index in [4.69, 9.17) is 4.98 Å². The van der Waals surface area contributed by atoms with E-state index in [1.807, 2.05) is 19.2 Å². The highest BCUT2D eigenvalue weighted by Gasteiger charge is 2.28. The molecular formula is C21H33N3O2S. The minimum atomic E-state index is -0.00909. The lowest BCUT2D eigenvalue weighted by Gasteiger charge is -2.33. The number of hydrogen-bond acceptors (Lipinski definition) is 4. The van der Waals surface area contributed by atoms with E-state index in [1.165, 1.54) is 32.1 Å². The highest BCUT2D eigenvalue weighted by molar-refractivity contribution is 7.09. The summed E-state index contributed by atoms with van der Waals surface area (Å²) in [6.45, 7) is 5.97. The van der Waals surface area contributed by atoms with E-state index in [9.17, 15) is 9.59 Å². The Hall–Kier alpha value is -1.43. The van der Waals surface area contributed by atoms with Gasteiger partial charge in [0.25, 0.3) is 0 Å². The zero-order valence-electron chi connectivity index (χ0n) is 16.7. The average molecular weight is 392 g/mol. The van der Waals surface area contributed by atoms with E-state index in [2.05, 4.69) is 10.2 Å². The summed E-state index contributed by atoms with van der Waals surface area (Å²) in [6, 6.07) is 0. The molecule has 6 heteroatoms. The van der Waals surface area contributed by atoms with Gasteiger partial charge in [0.05, 0.1) is 17.2 Å². The second kappa shape index (κ2) is 9.67. The van der Waals surface area contributed by atoms with Crippen molar-refractivity contribution in [1.82, 2.24) is 15.2 Å². The van der Waals surface area contributed by atoms with Gasteiger partial charge in [0.2, 0.25) is 11.8 Å². The van der Waals surface area contributed by atoms with Gasteiger partial charge in [0.15, 0.2) is 0 Å². The van der Waals surface area contributed by atoms with Crippen LogP contribution in [0.3, 0.4) is 0 Å². The molecule has 1 aliphatic carbocycles. The number of hydrogen-bond donors (Lipinski definition) is 1. The average Bonchev–Trinajstić information content (AvgIpc) is 3.16. The third-order valence-electron chi connectivity index (χ3n) is 5.85. The summed E-state index contributed by atoms with van der Waals surface area (Å²) < 4.78 is 0. The van der Waals surface area contributed by atoms with E-state index in [0.29, 0.717) is 24.3 Å². The van der Waals surface area contributed by atoms with Crippen LogP contribution in [0, 0.1) is 11.8 Å². The maximum atomic E-state index is 12.8. The van der Waals surface area contributed by atoms with Crippen LogP contribution in [0.15, 0.2) is 5.38 Å². The molecule has 1 aromatic heterocycles. The van der Waals surface area contributed by atoms with Crippen molar-refractivity contribution in [2.75, 3.05) is 13.1 Å². The standard InChI is InChI=1S/C21H33N3O2S/c1-15(2)20(26)22-12-18-14-27-21(23-18)17-9-6-10-24(13-17)19(25)11-16-7-4-3-5-8-16/h14-17H,3-13H2,1-2H3,(H,22,26). The SMILES string of the molecule is CC(C)C(=O)NCc1csc(C2CCCN(C(=O)CC3CCCCC3)C2)n1. The Bertz CT molecular complexity index is 637. The summed E-state index contributed by atoms with van der Waals surface area (Å²) in [5, 5.41) is 6.08. The monoisotopic (exact) mass is 391 g/mol. The van der Waals surface area contributed by atoms with E-state index >= 15 is 0 Å². The van der Waals surface area contributed by atoms with Crippen LogP contribution in [-0.4, -0.2) is 34.8 Å². The smallest absolute Gasteiger partial charge is 0.222 e. The number of thiazole rings is 1. The van der Waals surface area contributed by atoms with Gasteiger partial charge in [0.1, 0.15) is 0 Å². The molecule has 1 N–H and O–H groups in total. The van der Waals surface area contributed by atoms with Gasteiger partial charge in [-0.1, -0.05) is 33.1 Å². The van der Waals surface area contributed by atoms with Gasteiger partial charge in [0, 0.05) is 36.7 Å². The van der Waals surface area contributed by atoms with Crippen molar-refractivity contribution < 1.29 is 9.59 Å². The summed E-state index contributed by atoms with van der Waals surface area (Å²) in [5.41, 5.74) is 0.926. The number of carbonyl (C=O) groups excluding carboxylic acids is 2. The summed E-state index contributed by atoms with van der Waals surface area (Å²) >= 11 is 1.67. The molecule has 2 heterocycles. The molecule has 2 fully saturated rings. The molecule has 1 saturated heterocycles. The largest absolute Gasteiger partial charge is 0.350 e. The maximum absolute atomic E-state index is 12.8. The van der Waals surface area contributed by atoms with Crippen LogP contribution < -0.4 is 5.32 Å². The third-order valence-corrected chi connectivity index (χ3v) is 6.91. The Morgan fingerprint density at radius 1 is 1.22 bits per heavy atom. The van der Waals surface area contributed by atoms with Gasteiger partial charge < -0.3 is 10.2 Å². The second-order valence-electron chi connectivity index (χ2n) is 8.44. The number of likely N-dealkylation sites (tertiary alicyclic amines) is 1. The van der Waals surface area contributed by atoms with Crippen LogP contribution in [0.4, 0.5) is 0 Å². The first-order valence-electron chi connectivity index (χ1n) is 10.5. The van der Waals surface area contributed by atoms with Gasteiger partial charge >= 0.3 is 0 Å². The maximum Gasteiger partial charge on any atom is 0.222 e. The van der Waals surface area contributed by atoms with Gasteiger partial charge in [-0.05, 0) is 31.6 Å². The molecule has 1 aliphatic heterocycles. The molecule has 0 spiro atoms. The van der Waals surface area contributed by atoms with Gasteiger partial charge in [-0.3, -0.25) is 9.59 Å². The van der Waals surface area contributed by atoms with Crippen LogP contribution in [-0.2, 0) is 16.1 Å². The van der Waals surface area contributed by atoms with Crippen molar-refractivity contribution in [3.05, 3.63) is 16.1 Å². The normalized spacial score (nSPS) is 21.4. The predicted molar refractivity (Wildman–Crippen MR) is 109 cm³/mol. The first kappa shape index (κ1) is 20.3. The molecule has 1 aromatic rings. The number of amides is 2. The topological polar surface area (TPSA) is 62.3 Å². The molecule has 1 unspecified atom stereocenters. The Kier molecular flexibility index (Phi) is 7.27. The van der Waals surface area contributed by atoms with Crippen molar-refractivity contribution in [2.24, 2.45) is 11.8 Å². The molecule has 1 saturated carbocycles. The van der Waals surface area contributed by atoms with Gasteiger partial charge in [-0.25, -0.2) is 4.98 Å². The summed E-state index contributed by atoms with van der Waals surface area (Å²) in [6.07, 6.45) is 9.24. The zero-order valence-corrected chi connectivity index (χ0v) is 17.5. The molecule has 27 heavy (non-hydrogen) atoms. The molecule has 0 radical (unpaired) electrons. The van der Waals surface area contributed by atoms with E-state index in [-0.39, 0.29) is 11.8 Å². The fourth-order valence-corrected chi connectivity index (χ4v) is 5.09. The van der Waals surface area contributed by atoms with Crippen molar-refractivity contribution in [3.8, 4) is 0 Å². The number of nitrogens with zero attached hydrogens (tertiary/aromatic N) is 2. The molecule has 5 nitrogen and oxygen atoms in total. The van der Waals surface area contributed by atoms with Crippen molar-refractivity contribution in [3.63, 3.8) is 0 Å². The Labute approximate surface area is 166 Å². The van der Waals surface area contributed by atoms with E-state index in [0.717, 1.165) is 43.1 Å². The predicted octanol–water partition coefficient (Wildman–Crippen LogP) is 4.09. The fourth-order valence-electron chi connectivity index (χ4n) is 4.15. The lowest BCUT2D eigenvalue weighted by molar-refractivity contribution is -0.133. The quantitative estimate of drug-likeness (QED) is 0.794. The number of nitrogens with one attached hydrogen (secondary N) is 1. The van der Waals surface area contributed by atoms with Crippen LogP contribution >= 0.6 is 11.3 Å². The number of aromatic nitrogens is 1. The van der Waals surface area contributed by atoms with Gasteiger partial charge in [-0.15, -0.1) is 11.3 Å². The molecule has 2 aliphatic rings. The first-order chi connectivity index (χ1) is 13.0. The lowest BCUT2D eigenvalue weighted by Crippen LogP contribution is -2.40. The highest BCUT2D eigenvalue weighted by atomic mass is 32.1. The molecule has 1 atom stereocenters. The van der Waals surface area contributed by atoms with Gasteiger partial charge in [-0.2, -0.15) is 0 Å². The zero-order chi connectivity index (χ0) is 19.2. The van der Waals surface area contributed by atoms with Crippen LogP contribution in [0.5, 0.6) is 0 Å². The Balaban J connectivity index is 1.51. The number of carbonyl (C=O) groups is 2. The van der Waals surface area contributed by atoms with Crippen molar-refractivity contribution >= 4 is 23.2 Å². The molecule has 150 valence electrons. The lowest BCUT2D eigenvalue weighted by atomic mass is 9.86. The van der Waals surface area contributed by atoms with E-state index in [1.54, 1.807) is 11.3 Å². The van der Waals surface area contributed by atoms with Crippen molar-refractivity contribution in [1.29, 1.82) is 0 Å². The Morgan fingerprint density at radius 3 is 2.74 bits per heavy atom. The highest BCUT2D eigenvalue weighted by Crippen LogP contribution is 2.31. The third kappa shape index (κ3) is 5.77. The van der Waals surface area contributed by atoms with Crippen molar-refractivity contribution in [2.45, 2.75) is 77.7 Å². The van der Waals surface area contributed by atoms with Crippen LogP contribution in [0.25, 0.3) is 0 Å². The second-order valence-corrected chi connectivity index (χ2v) is 9.33. The van der Waals surface area contributed by atoms with Crippen LogP contribution in [0.2, 0.25) is 0 Å². The minimum Gasteiger partial charge on any atom is -0.350 e. The van der Waals surface area contributed by atoms with E-state index < -0.39 is 0 Å². The molecule has 2 amide bonds. The molecule has 0 aromatic carbocycles. The number of piperidine rings is 1. The summed E-state index contributed by atoms with van der Waals surface area (Å²) in [4.78, 5) is 31.3. The summed E-state index contributed by atoms with van der Waals surface area (Å²) in [7, 11) is 0. The van der Waals surface area contributed by atoms with Crippen LogP contribution in [0.1, 0.15) is 81.8 Å². The first-order valence-corrected chi connectivity index (χ1v) is 11.4. The molecule has 0 bridgehead atoms. The molecule has 3 rings (SSSR count). The minimum absolute atomic E-state index is 0.00909. The number of rotatable bonds is 6. The molecular weight excluding hydrogens is 358 g/mol. The fraction of sp³-hybridized carbons (Fsp3) is 0.762. The summed E-state index contributed by atoms with van der Waals surface area (Å²) in [5.74, 6) is 1.33.